The predicted molar refractivity (Wildman–Crippen MR) is 107 cm³/mol. The van der Waals surface area contributed by atoms with Crippen LogP contribution in [0.1, 0.15) is 46.2 Å². The van der Waals surface area contributed by atoms with Gasteiger partial charge >= 0.3 is 6.18 Å². The Bertz CT molecular complexity index is 884. The van der Waals surface area contributed by atoms with Crippen LogP contribution in [0.4, 0.5) is 13.2 Å². The van der Waals surface area contributed by atoms with Gasteiger partial charge in [-0.3, -0.25) is 9.69 Å². The second-order valence-electron chi connectivity index (χ2n) is 7.64. The van der Waals surface area contributed by atoms with Gasteiger partial charge in [-0.1, -0.05) is 12.1 Å². The second-order valence-corrected chi connectivity index (χ2v) is 7.64. The van der Waals surface area contributed by atoms with Gasteiger partial charge in [-0.25, -0.2) is 4.98 Å². The Kier molecular flexibility index (Phi) is 6.65. The van der Waals surface area contributed by atoms with Gasteiger partial charge in [0.05, 0.1) is 18.4 Å². The molecule has 2 unspecified atom stereocenters. The number of methoxy groups -OCH3 is 1. The van der Waals surface area contributed by atoms with Crippen molar-refractivity contribution in [1.82, 2.24) is 15.2 Å². The number of hydrogen-bond donors (Lipinski definition) is 1. The molecular weight excluding hydrogens is 395 g/mol. The van der Waals surface area contributed by atoms with E-state index in [1.54, 1.807) is 7.11 Å². The molecule has 3 rings (SSSR count). The molecule has 1 aliphatic rings. The topological polar surface area (TPSA) is 54.5 Å². The molecule has 1 fully saturated rings. The highest BCUT2D eigenvalue weighted by atomic mass is 19.4. The van der Waals surface area contributed by atoms with Gasteiger partial charge < -0.3 is 10.1 Å². The Morgan fingerprint density at radius 2 is 1.93 bits per heavy atom. The average molecular weight is 421 g/mol. The lowest BCUT2D eigenvalue weighted by Gasteiger charge is -2.39. The van der Waals surface area contributed by atoms with Crippen LogP contribution in [0.25, 0.3) is 0 Å². The maximum Gasteiger partial charge on any atom is 0.433 e. The number of benzene rings is 1. The highest BCUT2D eigenvalue weighted by Gasteiger charge is 2.33. The molecule has 1 saturated heterocycles. The monoisotopic (exact) mass is 421 g/mol. The van der Waals surface area contributed by atoms with Gasteiger partial charge in [-0.05, 0) is 69.1 Å². The molecule has 1 aliphatic heterocycles. The number of hydrogen-bond acceptors (Lipinski definition) is 4. The average Bonchev–Trinajstić information content (AvgIpc) is 2.71. The van der Waals surface area contributed by atoms with E-state index >= 15 is 0 Å². The van der Waals surface area contributed by atoms with E-state index in [9.17, 15) is 18.0 Å². The lowest BCUT2D eigenvalue weighted by molar-refractivity contribution is -0.141. The fourth-order valence-corrected chi connectivity index (χ4v) is 4.08. The molecule has 8 heteroatoms. The lowest BCUT2D eigenvalue weighted by Crippen LogP contribution is -2.41. The fraction of sp³-hybridized carbons (Fsp3) is 0.455. The van der Waals surface area contributed by atoms with Crippen molar-refractivity contribution >= 4 is 5.91 Å². The molecule has 2 heterocycles. The minimum absolute atomic E-state index is 0.0646. The summed E-state index contributed by atoms with van der Waals surface area (Å²) in [6.45, 7) is 2.81. The summed E-state index contributed by atoms with van der Waals surface area (Å²) in [5.74, 6) is 0.562. The molecule has 5 nitrogen and oxygen atoms in total. The van der Waals surface area contributed by atoms with Crippen molar-refractivity contribution in [3.63, 3.8) is 0 Å². The molecule has 2 aromatic rings. The number of halogens is 3. The van der Waals surface area contributed by atoms with Gasteiger partial charge in [0.1, 0.15) is 11.4 Å². The summed E-state index contributed by atoms with van der Waals surface area (Å²) in [6.07, 6.45) is -2.56. The maximum absolute atomic E-state index is 12.8. The van der Waals surface area contributed by atoms with Crippen molar-refractivity contribution in [2.45, 2.75) is 32.0 Å². The van der Waals surface area contributed by atoms with Crippen LogP contribution in [0.15, 0.2) is 36.4 Å². The van der Waals surface area contributed by atoms with E-state index in [1.807, 2.05) is 24.3 Å². The van der Waals surface area contributed by atoms with Crippen LogP contribution in [0.5, 0.6) is 5.75 Å². The summed E-state index contributed by atoms with van der Waals surface area (Å²) in [6, 6.07) is 10.1. The number of aryl methyl sites for hydroxylation is 1. The number of amides is 1. The summed E-state index contributed by atoms with van der Waals surface area (Å²) in [4.78, 5) is 18.4. The maximum atomic E-state index is 12.8. The number of carbonyl (C=O) groups is 1. The molecule has 30 heavy (non-hydrogen) atoms. The van der Waals surface area contributed by atoms with Gasteiger partial charge in [0.25, 0.3) is 5.91 Å². The summed E-state index contributed by atoms with van der Waals surface area (Å²) in [5.41, 5.74) is 0.373. The van der Waals surface area contributed by atoms with E-state index < -0.39 is 17.8 Å². The number of aromatic nitrogens is 1. The fourth-order valence-electron chi connectivity index (χ4n) is 4.08. The Balaban J connectivity index is 1.71. The van der Waals surface area contributed by atoms with E-state index in [0.717, 1.165) is 36.8 Å². The first kappa shape index (κ1) is 22.1. The molecule has 0 aliphatic carbocycles. The van der Waals surface area contributed by atoms with Crippen LogP contribution >= 0.6 is 0 Å². The van der Waals surface area contributed by atoms with Crippen molar-refractivity contribution in [2.75, 3.05) is 27.2 Å². The smallest absolute Gasteiger partial charge is 0.433 e. The van der Waals surface area contributed by atoms with E-state index in [1.165, 1.54) is 13.0 Å². The number of nitrogens with one attached hydrogen (secondary N) is 1. The van der Waals surface area contributed by atoms with E-state index in [-0.39, 0.29) is 23.2 Å². The molecule has 162 valence electrons. The third-order valence-electron chi connectivity index (χ3n) is 5.61. The van der Waals surface area contributed by atoms with E-state index in [4.69, 9.17) is 4.74 Å². The third kappa shape index (κ3) is 4.92. The number of nitrogens with zero attached hydrogens (tertiary/aromatic N) is 2. The molecular formula is C22H26F3N3O2. The summed E-state index contributed by atoms with van der Waals surface area (Å²) < 4.78 is 43.6. The van der Waals surface area contributed by atoms with Crippen molar-refractivity contribution in [3.8, 4) is 5.75 Å². The first-order valence-electron chi connectivity index (χ1n) is 9.88. The van der Waals surface area contributed by atoms with Gasteiger partial charge in [-0.15, -0.1) is 0 Å². The Morgan fingerprint density at radius 3 is 2.53 bits per heavy atom. The molecule has 2 atom stereocenters. The number of pyridine rings is 1. The highest BCUT2D eigenvalue weighted by Crippen LogP contribution is 2.35. The Morgan fingerprint density at radius 1 is 1.23 bits per heavy atom. The van der Waals surface area contributed by atoms with E-state index in [0.29, 0.717) is 6.54 Å². The summed E-state index contributed by atoms with van der Waals surface area (Å²) >= 11 is 0. The minimum Gasteiger partial charge on any atom is -0.497 e. The van der Waals surface area contributed by atoms with Gasteiger partial charge in [-0.2, -0.15) is 13.2 Å². The van der Waals surface area contributed by atoms with Crippen LogP contribution < -0.4 is 10.1 Å². The quantitative estimate of drug-likeness (QED) is 0.785. The molecule has 1 N–H and O–H groups in total. The number of carbonyl (C=O) groups excluding carboxylic acids is 1. The van der Waals surface area contributed by atoms with Crippen molar-refractivity contribution < 1.29 is 22.7 Å². The van der Waals surface area contributed by atoms with Gasteiger partial charge in [0.15, 0.2) is 0 Å². The van der Waals surface area contributed by atoms with Crippen LogP contribution in [-0.4, -0.2) is 43.0 Å². The van der Waals surface area contributed by atoms with Crippen LogP contribution in [0, 0.1) is 12.8 Å². The highest BCUT2D eigenvalue weighted by molar-refractivity contribution is 5.95. The largest absolute Gasteiger partial charge is 0.497 e. The first-order chi connectivity index (χ1) is 14.2. The molecule has 0 bridgehead atoms. The number of piperidine rings is 1. The predicted octanol–water partition coefficient (Wildman–Crippen LogP) is 4.23. The zero-order valence-corrected chi connectivity index (χ0v) is 17.3. The number of likely N-dealkylation sites (tertiary alicyclic amines) is 1. The van der Waals surface area contributed by atoms with Gasteiger partial charge in [0, 0.05) is 12.6 Å². The molecule has 1 amide bonds. The second kappa shape index (κ2) is 9.04. The Hall–Kier alpha value is -2.61. The summed E-state index contributed by atoms with van der Waals surface area (Å²) in [7, 11) is 3.69. The molecule has 0 saturated carbocycles. The van der Waals surface area contributed by atoms with Crippen molar-refractivity contribution in [3.05, 3.63) is 58.9 Å². The number of rotatable bonds is 5. The van der Waals surface area contributed by atoms with Crippen molar-refractivity contribution in [1.29, 1.82) is 0 Å². The zero-order valence-electron chi connectivity index (χ0n) is 17.3. The van der Waals surface area contributed by atoms with E-state index in [2.05, 4.69) is 22.2 Å². The van der Waals surface area contributed by atoms with Gasteiger partial charge in [0.2, 0.25) is 0 Å². The molecule has 1 aromatic heterocycles. The van der Waals surface area contributed by atoms with Crippen LogP contribution in [0.3, 0.4) is 0 Å². The van der Waals surface area contributed by atoms with Crippen LogP contribution in [0.2, 0.25) is 0 Å². The standard InChI is InChI=1S/C22H26F3N3O2/c1-14-18(10-11-19(27-14)22(23,24)25)21(29)26-13-16-5-4-12-28(2)20(16)15-6-8-17(30-3)9-7-15/h6-11,16,20H,4-5,12-13H2,1-3H3,(H,26,29). The summed E-state index contributed by atoms with van der Waals surface area (Å²) in [5, 5.41) is 2.90. The third-order valence-corrected chi connectivity index (χ3v) is 5.61. The normalized spacial score (nSPS) is 20.1. The van der Waals surface area contributed by atoms with Crippen LogP contribution in [-0.2, 0) is 6.18 Å². The minimum atomic E-state index is -4.53. The zero-order chi connectivity index (χ0) is 21.9. The SMILES string of the molecule is COc1ccc(C2C(CNC(=O)c3ccc(C(F)(F)F)nc3C)CCCN2C)cc1. The lowest BCUT2D eigenvalue weighted by atomic mass is 9.85. The first-order valence-corrected chi connectivity index (χ1v) is 9.88. The Labute approximate surface area is 174 Å². The number of ether oxygens (including phenoxy) is 1. The molecule has 0 radical (unpaired) electrons. The number of alkyl halides is 3. The molecule has 0 spiro atoms. The van der Waals surface area contributed by atoms with Crippen molar-refractivity contribution in [2.24, 2.45) is 5.92 Å². The molecule has 1 aromatic carbocycles.